The SMILES string of the molecule is COC(=O)c1cccc(NC(=O)c2cc(OC)c(OC)c(OC)c2)c1O. The summed E-state index contributed by atoms with van der Waals surface area (Å²) in [4.78, 5) is 24.2. The van der Waals surface area contributed by atoms with E-state index in [1.54, 1.807) is 0 Å². The third-order valence-electron chi connectivity index (χ3n) is 3.62. The number of phenols is 1. The molecule has 138 valence electrons. The molecule has 0 unspecified atom stereocenters. The van der Waals surface area contributed by atoms with Gasteiger partial charge in [0.25, 0.3) is 5.91 Å². The standard InChI is InChI=1S/C18H19NO7/c1-23-13-8-10(9-14(24-2)16(13)25-3)17(21)19-12-7-5-6-11(15(12)20)18(22)26-4/h5-9,20H,1-4H3,(H,19,21). The smallest absolute Gasteiger partial charge is 0.341 e. The van der Waals surface area contributed by atoms with Crippen LogP contribution in [0.3, 0.4) is 0 Å². The molecular formula is C18H19NO7. The second-order valence-corrected chi connectivity index (χ2v) is 5.06. The molecule has 0 aliphatic carbocycles. The molecule has 0 atom stereocenters. The number of aromatic hydroxyl groups is 1. The molecule has 0 saturated carbocycles. The molecule has 2 N–H and O–H groups in total. The number of phenolic OH excluding ortho intramolecular Hbond substituents is 1. The van der Waals surface area contributed by atoms with Crippen LogP contribution in [0, 0.1) is 0 Å². The van der Waals surface area contributed by atoms with Gasteiger partial charge in [-0.3, -0.25) is 4.79 Å². The Balaban J connectivity index is 2.38. The van der Waals surface area contributed by atoms with E-state index in [9.17, 15) is 14.7 Å². The first kappa shape index (κ1) is 18.9. The fourth-order valence-corrected chi connectivity index (χ4v) is 2.33. The molecule has 0 aliphatic heterocycles. The third-order valence-corrected chi connectivity index (χ3v) is 3.62. The van der Waals surface area contributed by atoms with E-state index < -0.39 is 11.9 Å². The number of amides is 1. The van der Waals surface area contributed by atoms with E-state index in [-0.39, 0.29) is 22.6 Å². The highest BCUT2D eigenvalue weighted by atomic mass is 16.5. The molecule has 2 aromatic carbocycles. The van der Waals surface area contributed by atoms with Crippen molar-refractivity contribution < 1.29 is 33.6 Å². The lowest BCUT2D eigenvalue weighted by Crippen LogP contribution is -2.13. The number of carbonyl (C=O) groups excluding carboxylic acids is 2. The summed E-state index contributed by atoms with van der Waals surface area (Å²) in [5.41, 5.74) is 0.212. The van der Waals surface area contributed by atoms with E-state index in [1.165, 1.54) is 58.8 Å². The Morgan fingerprint density at radius 1 is 0.962 bits per heavy atom. The fourth-order valence-electron chi connectivity index (χ4n) is 2.33. The molecule has 8 heteroatoms. The number of para-hydroxylation sites is 1. The monoisotopic (exact) mass is 361 g/mol. The predicted molar refractivity (Wildman–Crippen MR) is 93.5 cm³/mol. The lowest BCUT2D eigenvalue weighted by molar-refractivity contribution is 0.0597. The van der Waals surface area contributed by atoms with Gasteiger partial charge < -0.3 is 29.4 Å². The summed E-state index contributed by atoms with van der Waals surface area (Å²) in [6, 6.07) is 7.29. The second kappa shape index (κ2) is 8.11. The molecule has 2 aromatic rings. The van der Waals surface area contributed by atoms with Gasteiger partial charge in [0.05, 0.1) is 34.1 Å². The molecule has 0 radical (unpaired) electrons. The molecule has 0 bridgehead atoms. The molecule has 26 heavy (non-hydrogen) atoms. The van der Waals surface area contributed by atoms with E-state index in [1.807, 2.05) is 0 Å². The van der Waals surface area contributed by atoms with Crippen molar-refractivity contribution in [3.8, 4) is 23.0 Å². The molecule has 0 spiro atoms. The molecular weight excluding hydrogens is 342 g/mol. The quantitative estimate of drug-likeness (QED) is 0.602. The van der Waals surface area contributed by atoms with Gasteiger partial charge in [0.2, 0.25) is 5.75 Å². The summed E-state index contributed by atoms with van der Waals surface area (Å²) in [5.74, 6) is -0.677. The molecule has 1 amide bonds. The van der Waals surface area contributed by atoms with Gasteiger partial charge in [-0.2, -0.15) is 0 Å². The highest BCUT2D eigenvalue weighted by molar-refractivity contribution is 6.07. The number of esters is 1. The maximum atomic E-state index is 12.6. The third kappa shape index (κ3) is 3.64. The lowest BCUT2D eigenvalue weighted by atomic mass is 10.1. The Hall–Kier alpha value is -3.42. The van der Waals surface area contributed by atoms with E-state index in [0.29, 0.717) is 17.2 Å². The van der Waals surface area contributed by atoms with Crippen molar-refractivity contribution in [2.24, 2.45) is 0 Å². The van der Waals surface area contributed by atoms with Crippen molar-refractivity contribution in [1.29, 1.82) is 0 Å². The molecule has 0 fully saturated rings. The van der Waals surface area contributed by atoms with Crippen LogP contribution in [0.5, 0.6) is 23.0 Å². The predicted octanol–water partition coefficient (Wildman–Crippen LogP) is 2.46. The Morgan fingerprint density at radius 3 is 2.08 bits per heavy atom. The number of rotatable bonds is 6. The molecule has 0 aliphatic rings. The Morgan fingerprint density at radius 2 is 1.58 bits per heavy atom. The maximum absolute atomic E-state index is 12.6. The van der Waals surface area contributed by atoms with Gasteiger partial charge in [-0.1, -0.05) is 6.07 Å². The summed E-state index contributed by atoms with van der Waals surface area (Å²) in [5, 5.41) is 12.7. The van der Waals surface area contributed by atoms with Gasteiger partial charge in [-0.15, -0.1) is 0 Å². The number of anilines is 1. The maximum Gasteiger partial charge on any atom is 0.341 e. The summed E-state index contributed by atoms with van der Waals surface area (Å²) < 4.78 is 20.2. The van der Waals surface area contributed by atoms with Crippen molar-refractivity contribution in [2.45, 2.75) is 0 Å². The van der Waals surface area contributed by atoms with Crippen LogP contribution < -0.4 is 19.5 Å². The zero-order chi connectivity index (χ0) is 19.3. The summed E-state index contributed by atoms with van der Waals surface area (Å²) in [6.45, 7) is 0. The Bertz CT molecular complexity index is 807. The van der Waals surface area contributed by atoms with Crippen LogP contribution >= 0.6 is 0 Å². The molecule has 0 aromatic heterocycles. The first-order chi connectivity index (χ1) is 12.5. The van der Waals surface area contributed by atoms with E-state index in [0.717, 1.165) is 0 Å². The van der Waals surface area contributed by atoms with E-state index in [4.69, 9.17) is 14.2 Å². The van der Waals surface area contributed by atoms with Gasteiger partial charge >= 0.3 is 5.97 Å². The average Bonchev–Trinajstić information content (AvgIpc) is 2.67. The van der Waals surface area contributed by atoms with Crippen LogP contribution in [0.2, 0.25) is 0 Å². The normalized spacial score (nSPS) is 10.0. The number of methoxy groups -OCH3 is 4. The summed E-state index contributed by atoms with van der Waals surface area (Å²) in [6.07, 6.45) is 0. The molecule has 0 heterocycles. The molecule has 8 nitrogen and oxygen atoms in total. The van der Waals surface area contributed by atoms with Crippen LogP contribution in [0.15, 0.2) is 30.3 Å². The van der Waals surface area contributed by atoms with Crippen molar-refractivity contribution in [1.82, 2.24) is 0 Å². The van der Waals surface area contributed by atoms with E-state index in [2.05, 4.69) is 10.1 Å². The van der Waals surface area contributed by atoms with Crippen molar-refractivity contribution in [3.05, 3.63) is 41.5 Å². The highest BCUT2D eigenvalue weighted by Crippen LogP contribution is 2.38. The first-order valence-corrected chi connectivity index (χ1v) is 7.48. The second-order valence-electron chi connectivity index (χ2n) is 5.06. The topological polar surface area (TPSA) is 103 Å². The number of ether oxygens (including phenoxy) is 4. The number of benzene rings is 2. The highest BCUT2D eigenvalue weighted by Gasteiger charge is 2.20. The van der Waals surface area contributed by atoms with Gasteiger partial charge in [0, 0.05) is 5.56 Å². The summed E-state index contributed by atoms with van der Waals surface area (Å²) in [7, 11) is 5.52. The van der Waals surface area contributed by atoms with E-state index >= 15 is 0 Å². The minimum absolute atomic E-state index is 0.0600. The minimum atomic E-state index is -0.716. The zero-order valence-electron chi connectivity index (χ0n) is 14.8. The zero-order valence-corrected chi connectivity index (χ0v) is 14.8. The van der Waals surface area contributed by atoms with Gasteiger partial charge in [0.1, 0.15) is 5.56 Å². The number of nitrogens with one attached hydrogen (secondary N) is 1. The number of hydrogen-bond acceptors (Lipinski definition) is 7. The lowest BCUT2D eigenvalue weighted by Gasteiger charge is -2.14. The van der Waals surface area contributed by atoms with Crippen LogP contribution in [0.25, 0.3) is 0 Å². The van der Waals surface area contributed by atoms with Crippen molar-refractivity contribution in [2.75, 3.05) is 33.8 Å². The van der Waals surface area contributed by atoms with Gasteiger partial charge in [-0.05, 0) is 24.3 Å². The van der Waals surface area contributed by atoms with Crippen LogP contribution in [0.1, 0.15) is 20.7 Å². The molecule has 0 saturated heterocycles. The first-order valence-electron chi connectivity index (χ1n) is 7.48. The van der Waals surface area contributed by atoms with Crippen LogP contribution in [-0.4, -0.2) is 45.4 Å². The van der Waals surface area contributed by atoms with Crippen molar-refractivity contribution in [3.63, 3.8) is 0 Å². The van der Waals surface area contributed by atoms with Crippen LogP contribution in [-0.2, 0) is 4.74 Å². The van der Waals surface area contributed by atoms with Crippen LogP contribution in [0.4, 0.5) is 5.69 Å². The van der Waals surface area contributed by atoms with Gasteiger partial charge in [-0.25, -0.2) is 4.79 Å². The Kier molecular flexibility index (Phi) is 5.90. The fraction of sp³-hybridized carbons (Fsp3) is 0.222. The van der Waals surface area contributed by atoms with Crippen molar-refractivity contribution >= 4 is 17.6 Å². The summed E-state index contributed by atoms with van der Waals surface area (Å²) >= 11 is 0. The number of carbonyl (C=O) groups is 2. The Labute approximate surface area is 150 Å². The largest absolute Gasteiger partial charge is 0.505 e. The molecule has 2 rings (SSSR count). The average molecular weight is 361 g/mol. The minimum Gasteiger partial charge on any atom is -0.505 e. The van der Waals surface area contributed by atoms with Gasteiger partial charge in [0.15, 0.2) is 17.2 Å². The number of hydrogen-bond donors (Lipinski definition) is 2.